The van der Waals surface area contributed by atoms with Crippen molar-refractivity contribution in [3.8, 4) is 0 Å². The smallest absolute Gasteiger partial charge is 0.306 e. The zero-order valence-corrected chi connectivity index (χ0v) is 12.4. The summed E-state index contributed by atoms with van der Waals surface area (Å²) in [6, 6.07) is -0.0265. The molecule has 0 spiro atoms. The molecule has 7 heteroatoms. The van der Waals surface area contributed by atoms with Crippen LogP contribution in [0.1, 0.15) is 68.3 Å². The van der Waals surface area contributed by atoms with E-state index in [0.717, 1.165) is 31.5 Å². The minimum atomic E-state index is -0.778. The van der Waals surface area contributed by atoms with Crippen molar-refractivity contribution in [2.24, 2.45) is 5.92 Å². The van der Waals surface area contributed by atoms with Crippen LogP contribution >= 0.6 is 0 Å². The van der Waals surface area contributed by atoms with E-state index in [1.165, 1.54) is 0 Å². The number of rotatable bonds is 8. The third kappa shape index (κ3) is 4.54. The lowest BCUT2D eigenvalue weighted by Crippen LogP contribution is -2.33. The van der Waals surface area contributed by atoms with Gasteiger partial charge in [0.1, 0.15) is 5.82 Å². The molecular weight excluding hydrogens is 272 g/mol. The molecule has 1 heterocycles. The molecule has 0 saturated heterocycles. The van der Waals surface area contributed by atoms with E-state index >= 15 is 0 Å². The number of aliphatic carboxylic acids is 1. The third-order valence-corrected chi connectivity index (χ3v) is 3.74. The van der Waals surface area contributed by atoms with Crippen LogP contribution in [0.25, 0.3) is 0 Å². The van der Waals surface area contributed by atoms with Crippen molar-refractivity contribution in [3.63, 3.8) is 0 Å². The number of carboxylic acid groups (broad SMARTS) is 1. The second kappa shape index (κ2) is 6.69. The standard InChI is InChI=1S/C14H22N4O3/c1-8(14(20)21)4-3-5-9(2)15-13(19)12-16-11(17-18-12)10-6-7-10/h8-10H,3-7H2,1-2H3,(H,15,19)(H,20,21)(H,16,17,18). The average molecular weight is 294 g/mol. The van der Waals surface area contributed by atoms with Gasteiger partial charge in [-0.15, -0.1) is 5.10 Å². The van der Waals surface area contributed by atoms with Gasteiger partial charge in [-0.2, -0.15) is 0 Å². The molecule has 0 aromatic carbocycles. The Morgan fingerprint density at radius 1 is 1.38 bits per heavy atom. The number of H-pyrrole nitrogens is 1. The number of nitrogens with zero attached hydrogens (tertiary/aromatic N) is 2. The van der Waals surface area contributed by atoms with Crippen LogP contribution in [0, 0.1) is 5.92 Å². The summed E-state index contributed by atoms with van der Waals surface area (Å²) in [4.78, 5) is 26.9. The normalized spacial score (nSPS) is 17.2. The predicted molar refractivity (Wildman–Crippen MR) is 75.9 cm³/mol. The number of hydrogen-bond acceptors (Lipinski definition) is 4. The predicted octanol–water partition coefficient (Wildman–Crippen LogP) is 1.69. The van der Waals surface area contributed by atoms with Gasteiger partial charge in [-0.3, -0.25) is 14.7 Å². The maximum Gasteiger partial charge on any atom is 0.306 e. The summed E-state index contributed by atoms with van der Waals surface area (Å²) in [7, 11) is 0. The van der Waals surface area contributed by atoms with E-state index < -0.39 is 5.97 Å². The van der Waals surface area contributed by atoms with Crippen LogP contribution in [0.2, 0.25) is 0 Å². The molecule has 0 radical (unpaired) electrons. The Morgan fingerprint density at radius 3 is 2.71 bits per heavy atom. The molecule has 116 valence electrons. The van der Waals surface area contributed by atoms with Crippen molar-refractivity contribution in [2.45, 2.75) is 57.9 Å². The Morgan fingerprint density at radius 2 is 2.10 bits per heavy atom. The molecule has 1 aromatic heterocycles. The van der Waals surface area contributed by atoms with E-state index in [1.807, 2.05) is 6.92 Å². The summed E-state index contributed by atoms with van der Waals surface area (Å²) < 4.78 is 0. The first-order valence-electron chi connectivity index (χ1n) is 7.43. The first-order valence-corrected chi connectivity index (χ1v) is 7.43. The van der Waals surface area contributed by atoms with Crippen molar-refractivity contribution < 1.29 is 14.7 Å². The second-order valence-electron chi connectivity index (χ2n) is 5.86. The highest BCUT2D eigenvalue weighted by molar-refractivity contribution is 5.90. The Kier molecular flexibility index (Phi) is 4.93. The lowest BCUT2D eigenvalue weighted by atomic mass is 10.0. The summed E-state index contributed by atoms with van der Waals surface area (Å²) in [5, 5.41) is 18.4. The number of hydrogen-bond donors (Lipinski definition) is 3. The van der Waals surface area contributed by atoms with Crippen LogP contribution in [-0.2, 0) is 4.79 Å². The van der Waals surface area contributed by atoms with Crippen molar-refractivity contribution in [1.82, 2.24) is 20.5 Å². The van der Waals surface area contributed by atoms with Gasteiger partial charge in [0.25, 0.3) is 5.91 Å². The van der Waals surface area contributed by atoms with Gasteiger partial charge in [0.2, 0.25) is 5.82 Å². The number of carbonyl (C=O) groups excluding carboxylic acids is 1. The molecule has 1 aliphatic rings. The molecule has 1 aliphatic carbocycles. The van der Waals surface area contributed by atoms with Crippen molar-refractivity contribution >= 4 is 11.9 Å². The van der Waals surface area contributed by atoms with Gasteiger partial charge in [-0.1, -0.05) is 13.3 Å². The molecule has 3 N–H and O–H groups in total. The zero-order valence-electron chi connectivity index (χ0n) is 12.4. The molecular formula is C14H22N4O3. The number of nitrogens with one attached hydrogen (secondary N) is 2. The molecule has 2 atom stereocenters. The summed E-state index contributed by atoms with van der Waals surface area (Å²) >= 11 is 0. The molecule has 1 fully saturated rings. The lowest BCUT2D eigenvalue weighted by Gasteiger charge is -2.13. The van der Waals surface area contributed by atoms with Gasteiger partial charge in [-0.05, 0) is 32.6 Å². The van der Waals surface area contributed by atoms with E-state index in [-0.39, 0.29) is 23.7 Å². The van der Waals surface area contributed by atoms with Crippen LogP contribution in [-0.4, -0.2) is 38.2 Å². The molecule has 0 bridgehead atoms. The van der Waals surface area contributed by atoms with Crippen LogP contribution in [0.15, 0.2) is 0 Å². The second-order valence-corrected chi connectivity index (χ2v) is 5.86. The monoisotopic (exact) mass is 294 g/mol. The van der Waals surface area contributed by atoms with Crippen molar-refractivity contribution in [2.75, 3.05) is 0 Å². The van der Waals surface area contributed by atoms with Gasteiger partial charge in [0.05, 0.1) is 5.92 Å². The number of carbonyl (C=O) groups is 2. The quantitative estimate of drug-likeness (QED) is 0.676. The zero-order chi connectivity index (χ0) is 15.4. The first kappa shape index (κ1) is 15.5. The van der Waals surface area contributed by atoms with E-state index in [2.05, 4.69) is 20.5 Å². The molecule has 21 heavy (non-hydrogen) atoms. The van der Waals surface area contributed by atoms with E-state index in [4.69, 9.17) is 5.11 Å². The highest BCUT2D eigenvalue weighted by Gasteiger charge is 2.28. The fraction of sp³-hybridized carbons (Fsp3) is 0.714. The molecule has 0 aliphatic heterocycles. The van der Waals surface area contributed by atoms with Gasteiger partial charge in [0.15, 0.2) is 0 Å². The summed E-state index contributed by atoms with van der Waals surface area (Å²) in [5.74, 6) is 0.0127. The van der Waals surface area contributed by atoms with Crippen molar-refractivity contribution in [3.05, 3.63) is 11.6 Å². The van der Waals surface area contributed by atoms with Gasteiger partial charge < -0.3 is 10.4 Å². The average Bonchev–Trinajstić information content (AvgIpc) is 3.15. The van der Waals surface area contributed by atoms with E-state index in [0.29, 0.717) is 12.3 Å². The molecule has 2 unspecified atom stereocenters. The lowest BCUT2D eigenvalue weighted by molar-refractivity contribution is -0.141. The number of aromatic nitrogens is 3. The van der Waals surface area contributed by atoms with Crippen molar-refractivity contribution in [1.29, 1.82) is 0 Å². The van der Waals surface area contributed by atoms with Gasteiger partial charge in [0, 0.05) is 12.0 Å². The molecule has 1 aromatic rings. The summed E-state index contributed by atoms with van der Waals surface area (Å²) in [6.07, 6.45) is 4.32. The molecule has 1 saturated carbocycles. The topological polar surface area (TPSA) is 108 Å². The Hall–Kier alpha value is -1.92. The van der Waals surface area contributed by atoms with Crippen LogP contribution in [0.5, 0.6) is 0 Å². The SMILES string of the molecule is CC(CCCC(C)C(=O)O)NC(=O)c1n[nH]c(C2CC2)n1. The Bertz CT molecular complexity index is 510. The fourth-order valence-corrected chi connectivity index (χ4v) is 2.13. The van der Waals surface area contributed by atoms with Gasteiger partial charge >= 0.3 is 5.97 Å². The maximum atomic E-state index is 12.0. The van der Waals surface area contributed by atoms with Crippen LogP contribution in [0.3, 0.4) is 0 Å². The third-order valence-electron chi connectivity index (χ3n) is 3.74. The Balaban J connectivity index is 1.72. The summed E-state index contributed by atoms with van der Waals surface area (Å²) in [6.45, 7) is 3.59. The summed E-state index contributed by atoms with van der Waals surface area (Å²) in [5.41, 5.74) is 0. The Labute approximate surface area is 123 Å². The van der Waals surface area contributed by atoms with Crippen LogP contribution < -0.4 is 5.32 Å². The molecule has 2 rings (SSSR count). The number of amides is 1. The number of carboxylic acids is 1. The molecule has 1 amide bonds. The highest BCUT2D eigenvalue weighted by Crippen LogP contribution is 2.37. The maximum absolute atomic E-state index is 12.0. The fourth-order valence-electron chi connectivity index (χ4n) is 2.13. The molecule has 7 nitrogen and oxygen atoms in total. The number of aromatic amines is 1. The van der Waals surface area contributed by atoms with Gasteiger partial charge in [-0.25, -0.2) is 4.98 Å². The van der Waals surface area contributed by atoms with Crippen LogP contribution in [0.4, 0.5) is 0 Å². The minimum absolute atomic E-state index is 0.0265. The van der Waals surface area contributed by atoms with E-state index in [9.17, 15) is 9.59 Å². The first-order chi connectivity index (χ1) is 9.97. The minimum Gasteiger partial charge on any atom is -0.481 e. The largest absolute Gasteiger partial charge is 0.481 e. The van der Waals surface area contributed by atoms with E-state index in [1.54, 1.807) is 6.92 Å². The highest BCUT2D eigenvalue weighted by atomic mass is 16.4.